The van der Waals surface area contributed by atoms with Crippen LogP contribution in [0, 0.1) is 0 Å². The fourth-order valence-corrected chi connectivity index (χ4v) is 3.94. The first-order chi connectivity index (χ1) is 14.9. The monoisotopic (exact) mass is 392 g/mol. The molecule has 1 aliphatic heterocycles. The van der Waals surface area contributed by atoms with E-state index in [9.17, 15) is 0 Å². The van der Waals surface area contributed by atoms with Crippen LogP contribution in [-0.2, 0) is 0 Å². The Hall–Kier alpha value is -3.66. The number of para-hydroxylation sites is 3. The van der Waals surface area contributed by atoms with E-state index < -0.39 is 0 Å². The second-order valence-corrected chi connectivity index (χ2v) is 7.50. The Morgan fingerprint density at radius 2 is 1.33 bits per heavy atom. The predicted octanol–water partition coefficient (Wildman–Crippen LogP) is 5.31. The molecular weight excluding hydrogens is 368 g/mol. The number of fused-ring (bicyclic) bond motifs is 1. The summed E-state index contributed by atoms with van der Waals surface area (Å²) in [5.41, 5.74) is 4.32. The number of aliphatic imine (C=N–C) groups is 1. The molecule has 1 aromatic heterocycles. The van der Waals surface area contributed by atoms with Gasteiger partial charge in [-0.15, -0.1) is 0 Å². The third-order valence-corrected chi connectivity index (χ3v) is 5.54. The highest BCUT2D eigenvalue weighted by atomic mass is 15.3. The van der Waals surface area contributed by atoms with E-state index in [1.807, 2.05) is 42.6 Å². The summed E-state index contributed by atoms with van der Waals surface area (Å²) in [7, 11) is 0. The van der Waals surface area contributed by atoms with Crippen molar-refractivity contribution in [2.75, 3.05) is 36.0 Å². The summed E-state index contributed by atoms with van der Waals surface area (Å²) in [5.74, 6) is 1.01. The van der Waals surface area contributed by atoms with Gasteiger partial charge >= 0.3 is 0 Å². The average molecular weight is 393 g/mol. The predicted molar refractivity (Wildman–Crippen MR) is 126 cm³/mol. The van der Waals surface area contributed by atoms with Crippen molar-refractivity contribution in [1.29, 1.82) is 0 Å². The van der Waals surface area contributed by atoms with Crippen LogP contribution in [0.2, 0.25) is 0 Å². The third-order valence-electron chi connectivity index (χ3n) is 5.54. The van der Waals surface area contributed by atoms with Crippen LogP contribution in [0.15, 0.2) is 96.0 Å². The Morgan fingerprint density at radius 3 is 2.10 bits per heavy atom. The van der Waals surface area contributed by atoms with Crippen LogP contribution in [0.3, 0.4) is 0 Å². The molecule has 1 aliphatic rings. The average Bonchev–Trinajstić information content (AvgIpc) is 2.83. The van der Waals surface area contributed by atoms with Gasteiger partial charge in [-0.05, 0) is 36.4 Å². The number of nitrogens with zero attached hydrogens (tertiary/aromatic N) is 4. The van der Waals surface area contributed by atoms with Gasteiger partial charge in [-0.2, -0.15) is 0 Å². The minimum atomic E-state index is 0.937. The maximum Gasteiger partial charge on any atom is 0.138 e. The first kappa shape index (κ1) is 18.4. The lowest BCUT2D eigenvalue weighted by molar-refractivity contribution is 0.648. The summed E-state index contributed by atoms with van der Waals surface area (Å²) in [6.45, 7) is 3.83. The van der Waals surface area contributed by atoms with E-state index in [0.29, 0.717) is 0 Å². The van der Waals surface area contributed by atoms with E-state index in [4.69, 9.17) is 9.98 Å². The Bertz CT molecular complexity index is 1150. The van der Waals surface area contributed by atoms with Crippen molar-refractivity contribution in [1.82, 2.24) is 4.98 Å². The number of anilines is 2. The number of pyridine rings is 1. The van der Waals surface area contributed by atoms with E-state index in [0.717, 1.165) is 54.2 Å². The SMILES string of the molecule is C(=Nc1ccccc1)c1cc2ccccc2nc1N1CCN(c2ccccc2)CC1. The molecule has 4 nitrogen and oxygen atoms in total. The second kappa shape index (κ2) is 8.37. The van der Waals surface area contributed by atoms with Crippen LogP contribution in [0.4, 0.5) is 17.2 Å². The molecule has 1 saturated heterocycles. The van der Waals surface area contributed by atoms with Gasteiger partial charge in [-0.1, -0.05) is 54.6 Å². The van der Waals surface area contributed by atoms with Gasteiger partial charge in [0.05, 0.1) is 11.2 Å². The van der Waals surface area contributed by atoms with Crippen molar-refractivity contribution in [2.24, 2.45) is 4.99 Å². The molecule has 0 atom stereocenters. The van der Waals surface area contributed by atoms with Crippen LogP contribution >= 0.6 is 0 Å². The lowest BCUT2D eigenvalue weighted by Crippen LogP contribution is -2.47. The van der Waals surface area contributed by atoms with Crippen molar-refractivity contribution >= 4 is 34.3 Å². The number of hydrogen-bond acceptors (Lipinski definition) is 4. The Kier molecular flexibility index (Phi) is 5.13. The van der Waals surface area contributed by atoms with E-state index in [1.165, 1.54) is 5.69 Å². The molecule has 4 aromatic rings. The highest BCUT2D eigenvalue weighted by molar-refractivity contribution is 5.94. The lowest BCUT2D eigenvalue weighted by Gasteiger charge is -2.37. The molecule has 0 bridgehead atoms. The maximum absolute atomic E-state index is 5.03. The zero-order chi connectivity index (χ0) is 20.2. The summed E-state index contributed by atoms with van der Waals surface area (Å²) in [5, 5.41) is 1.14. The van der Waals surface area contributed by atoms with Gasteiger partial charge in [0.25, 0.3) is 0 Å². The van der Waals surface area contributed by atoms with Crippen LogP contribution in [0.25, 0.3) is 10.9 Å². The summed E-state index contributed by atoms with van der Waals surface area (Å²) in [6, 6.07) is 31.2. The molecule has 148 valence electrons. The van der Waals surface area contributed by atoms with E-state index in [1.54, 1.807) is 0 Å². The van der Waals surface area contributed by atoms with Gasteiger partial charge in [0.15, 0.2) is 0 Å². The molecule has 3 aromatic carbocycles. The van der Waals surface area contributed by atoms with Crippen molar-refractivity contribution in [3.8, 4) is 0 Å². The third kappa shape index (κ3) is 3.90. The highest BCUT2D eigenvalue weighted by Gasteiger charge is 2.20. The molecule has 0 spiro atoms. The van der Waals surface area contributed by atoms with Crippen LogP contribution in [-0.4, -0.2) is 37.4 Å². The number of hydrogen-bond donors (Lipinski definition) is 0. The fraction of sp³-hybridized carbons (Fsp3) is 0.154. The molecular formula is C26H24N4. The molecule has 0 saturated carbocycles. The second-order valence-electron chi connectivity index (χ2n) is 7.50. The Balaban J connectivity index is 1.45. The number of piperazine rings is 1. The fourth-order valence-electron chi connectivity index (χ4n) is 3.94. The van der Waals surface area contributed by atoms with Gasteiger partial charge in [-0.25, -0.2) is 4.98 Å². The normalized spacial score (nSPS) is 14.5. The molecule has 0 amide bonds. The molecule has 0 aliphatic carbocycles. The molecule has 0 radical (unpaired) electrons. The van der Waals surface area contributed by atoms with Gasteiger partial charge in [-0.3, -0.25) is 4.99 Å². The van der Waals surface area contributed by atoms with Crippen LogP contribution < -0.4 is 9.80 Å². The minimum Gasteiger partial charge on any atom is -0.368 e. The molecule has 5 rings (SSSR count). The molecule has 0 N–H and O–H groups in total. The van der Waals surface area contributed by atoms with Crippen molar-refractivity contribution in [2.45, 2.75) is 0 Å². The van der Waals surface area contributed by atoms with Crippen molar-refractivity contribution in [3.63, 3.8) is 0 Å². The van der Waals surface area contributed by atoms with E-state index in [2.05, 4.69) is 64.4 Å². The zero-order valence-electron chi connectivity index (χ0n) is 16.9. The summed E-state index contributed by atoms with van der Waals surface area (Å²) < 4.78 is 0. The Labute approximate surface area is 177 Å². The van der Waals surface area contributed by atoms with Crippen LogP contribution in [0.1, 0.15) is 5.56 Å². The first-order valence-corrected chi connectivity index (χ1v) is 10.4. The number of rotatable bonds is 4. The quantitative estimate of drug-likeness (QED) is 0.441. The van der Waals surface area contributed by atoms with Crippen molar-refractivity contribution < 1.29 is 0 Å². The standard InChI is InChI=1S/C26H24N4/c1-3-10-23(11-4-1)27-20-22-19-21-9-7-8-14-25(21)28-26(22)30-17-15-29(16-18-30)24-12-5-2-6-13-24/h1-14,19-20H,15-18H2. The highest BCUT2D eigenvalue weighted by Crippen LogP contribution is 2.25. The Morgan fingerprint density at radius 1 is 0.700 bits per heavy atom. The lowest BCUT2D eigenvalue weighted by atomic mass is 10.1. The van der Waals surface area contributed by atoms with Gasteiger partial charge in [0, 0.05) is 49.0 Å². The van der Waals surface area contributed by atoms with Crippen LogP contribution in [0.5, 0.6) is 0 Å². The van der Waals surface area contributed by atoms with E-state index >= 15 is 0 Å². The molecule has 1 fully saturated rings. The smallest absolute Gasteiger partial charge is 0.138 e. The molecule has 2 heterocycles. The molecule has 0 unspecified atom stereocenters. The van der Waals surface area contributed by atoms with Gasteiger partial charge < -0.3 is 9.80 Å². The topological polar surface area (TPSA) is 31.7 Å². The number of benzene rings is 3. The maximum atomic E-state index is 5.03. The van der Waals surface area contributed by atoms with Gasteiger partial charge in [0.1, 0.15) is 5.82 Å². The number of aromatic nitrogens is 1. The first-order valence-electron chi connectivity index (χ1n) is 10.4. The van der Waals surface area contributed by atoms with Crippen molar-refractivity contribution in [3.05, 3.63) is 96.6 Å². The summed E-state index contributed by atoms with van der Waals surface area (Å²) in [4.78, 5) is 14.6. The molecule has 4 heteroatoms. The summed E-state index contributed by atoms with van der Waals surface area (Å²) >= 11 is 0. The largest absolute Gasteiger partial charge is 0.368 e. The minimum absolute atomic E-state index is 0.937. The molecule has 30 heavy (non-hydrogen) atoms. The zero-order valence-corrected chi connectivity index (χ0v) is 16.9. The van der Waals surface area contributed by atoms with E-state index in [-0.39, 0.29) is 0 Å². The summed E-state index contributed by atoms with van der Waals surface area (Å²) in [6.07, 6.45) is 1.95. The van der Waals surface area contributed by atoms with Gasteiger partial charge in [0.2, 0.25) is 0 Å².